The van der Waals surface area contributed by atoms with Gasteiger partial charge in [-0.25, -0.2) is 13.1 Å². The van der Waals surface area contributed by atoms with Crippen LogP contribution in [0.2, 0.25) is 0 Å². The second-order valence-electron chi connectivity index (χ2n) is 9.51. The molecule has 2 atom stereocenters. The van der Waals surface area contributed by atoms with Crippen LogP contribution >= 0.6 is 0 Å². The molecule has 5 rings (SSSR count). The highest BCUT2D eigenvalue weighted by molar-refractivity contribution is 7.89. The number of hydrogen-bond donors (Lipinski definition) is 3. The third-order valence-electron chi connectivity index (χ3n) is 6.97. The number of piperidine rings is 1. The molecule has 0 bridgehead atoms. The fourth-order valence-electron chi connectivity index (χ4n) is 5.09. The zero-order valence-corrected chi connectivity index (χ0v) is 21.3. The van der Waals surface area contributed by atoms with Gasteiger partial charge in [-0.15, -0.1) is 0 Å². The molecule has 4 aromatic rings. The van der Waals surface area contributed by atoms with E-state index in [0.717, 1.165) is 16.5 Å². The van der Waals surface area contributed by atoms with E-state index in [2.05, 4.69) is 39.6 Å². The Balaban J connectivity index is 1.26. The minimum atomic E-state index is -3.76. The van der Waals surface area contributed by atoms with Crippen LogP contribution < -0.4 is 15.4 Å². The maximum Gasteiger partial charge on any atom is 0.241 e. The van der Waals surface area contributed by atoms with E-state index in [0.29, 0.717) is 31.4 Å². The van der Waals surface area contributed by atoms with Crippen LogP contribution in [-0.4, -0.2) is 40.0 Å². The fraction of sp³-hybridized carbons (Fsp3) is 0.233. The number of carbonyl (C=O) groups is 1. The number of benzene rings is 4. The van der Waals surface area contributed by atoms with Crippen LogP contribution in [0.1, 0.15) is 23.5 Å². The van der Waals surface area contributed by atoms with Gasteiger partial charge < -0.3 is 10.6 Å². The molecule has 0 unspecified atom stereocenters. The van der Waals surface area contributed by atoms with Crippen LogP contribution in [-0.2, 0) is 14.8 Å². The first-order valence-electron chi connectivity index (χ1n) is 12.6. The van der Waals surface area contributed by atoms with Crippen LogP contribution in [0.15, 0.2) is 108 Å². The van der Waals surface area contributed by atoms with Gasteiger partial charge in [0.1, 0.15) is 0 Å². The Bertz CT molecular complexity index is 1410. The number of sulfonamides is 1. The first-order valence-corrected chi connectivity index (χ1v) is 14.1. The Hall–Kier alpha value is -3.52. The largest absolute Gasteiger partial charge is 0.355 e. The average molecular weight is 514 g/mol. The van der Waals surface area contributed by atoms with Gasteiger partial charge in [0.2, 0.25) is 15.9 Å². The van der Waals surface area contributed by atoms with Gasteiger partial charge >= 0.3 is 0 Å². The maximum atomic E-state index is 13.3. The van der Waals surface area contributed by atoms with E-state index in [9.17, 15) is 13.2 Å². The van der Waals surface area contributed by atoms with Crippen molar-refractivity contribution < 1.29 is 13.2 Å². The molecule has 0 aromatic heterocycles. The summed E-state index contributed by atoms with van der Waals surface area (Å²) in [5.41, 5.74) is 2.27. The summed E-state index contributed by atoms with van der Waals surface area (Å²) in [6.45, 7) is 1.46. The second-order valence-corrected chi connectivity index (χ2v) is 11.2. The van der Waals surface area contributed by atoms with Crippen LogP contribution in [0.4, 0.5) is 0 Å². The van der Waals surface area contributed by atoms with Crippen molar-refractivity contribution in [1.82, 2.24) is 15.4 Å². The number of rotatable bonds is 8. The molecule has 4 aromatic carbocycles. The summed E-state index contributed by atoms with van der Waals surface area (Å²) in [7, 11) is -3.76. The first kappa shape index (κ1) is 25.1. The summed E-state index contributed by atoms with van der Waals surface area (Å²) in [5, 5.41) is 7.93. The highest BCUT2D eigenvalue weighted by Crippen LogP contribution is 2.25. The van der Waals surface area contributed by atoms with Gasteiger partial charge in [-0.3, -0.25) is 4.79 Å². The Labute approximate surface area is 218 Å². The van der Waals surface area contributed by atoms with Crippen molar-refractivity contribution >= 4 is 26.7 Å². The van der Waals surface area contributed by atoms with Crippen LogP contribution in [0.3, 0.4) is 0 Å². The summed E-state index contributed by atoms with van der Waals surface area (Å²) in [5.74, 6) is -0.372. The zero-order chi connectivity index (χ0) is 25.7. The van der Waals surface area contributed by atoms with Crippen molar-refractivity contribution in [1.29, 1.82) is 0 Å². The molecule has 7 heteroatoms. The van der Waals surface area contributed by atoms with Crippen LogP contribution in [0.25, 0.3) is 10.8 Å². The molecule has 0 radical (unpaired) electrons. The third kappa shape index (κ3) is 5.91. The van der Waals surface area contributed by atoms with Crippen molar-refractivity contribution in [2.75, 3.05) is 19.6 Å². The standard InChI is InChI=1S/C30H31N3O3S/c34-30(32-21-28(23-10-3-1-4-11-23)24-12-5-2-6-13-24)25-18-26(20-31-19-25)33-37(35,36)29-17-9-15-22-14-7-8-16-27(22)29/h1-17,25-26,28,31,33H,18-21H2,(H,32,34)/t25-,26-/m0/s1. The lowest BCUT2D eigenvalue weighted by molar-refractivity contribution is -0.125. The predicted octanol–water partition coefficient (Wildman–Crippen LogP) is 4.04. The van der Waals surface area contributed by atoms with E-state index in [-0.39, 0.29) is 28.7 Å². The first-order chi connectivity index (χ1) is 18.0. The topological polar surface area (TPSA) is 87.3 Å². The summed E-state index contributed by atoms with van der Waals surface area (Å²) < 4.78 is 29.4. The van der Waals surface area contributed by atoms with E-state index >= 15 is 0 Å². The zero-order valence-electron chi connectivity index (χ0n) is 20.5. The summed E-state index contributed by atoms with van der Waals surface area (Å²) >= 11 is 0. The highest BCUT2D eigenvalue weighted by atomic mass is 32.2. The molecule has 6 nitrogen and oxygen atoms in total. The van der Waals surface area contributed by atoms with E-state index in [4.69, 9.17) is 0 Å². The number of amides is 1. The molecule has 3 N–H and O–H groups in total. The van der Waals surface area contributed by atoms with Gasteiger partial charge in [-0.05, 0) is 29.0 Å². The van der Waals surface area contributed by atoms with Crippen LogP contribution in [0.5, 0.6) is 0 Å². The molecule has 1 aliphatic rings. The van der Waals surface area contributed by atoms with E-state index in [1.807, 2.05) is 66.7 Å². The summed E-state index contributed by atoms with van der Waals surface area (Å²) in [4.78, 5) is 13.4. The highest BCUT2D eigenvalue weighted by Gasteiger charge is 2.31. The third-order valence-corrected chi connectivity index (χ3v) is 8.55. The number of carbonyl (C=O) groups excluding carboxylic acids is 1. The molecule has 190 valence electrons. The molecule has 0 saturated carbocycles. The summed E-state index contributed by atoms with van der Waals surface area (Å²) in [6.07, 6.45) is 0.435. The number of nitrogens with one attached hydrogen (secondary N) is 3. The lowest BCUT2D eigenvalue weighted by Crippen LogP contribution is -2.52. The molecule has 1 heterocycles. The quantitative estimate of drug-likeness (QED) is 0.332. The molecule has 1 aliphatic heterocycles. The summed E-state index contributed by atoms with van der Waals surface area (Å²) in [6, 6.07) is 32.6. The molecule has 1 amide bonds. The minimum absolute atomic E-state index is 0.0311. The predicted molar refractivity (Wildman–Crippen MR) is 147 cm³/mol. The van der Waals surface area contributed by atoms with Crippen LogP contribution in [0, 0.1) is 5.92 Å². The average Bonchev–Trinajstić information content (AvgIpc) is 2.94. The molecular weight excluding hydrogens is 482 g/mol. The Morgan fingerprint density at radius 1 is 0.811 bits per heavy atom. The van der Waals surface area contributed by atoms with Gasteiger partial charge in [-0.1, -0.05) is 97.1 Å². The molecule has 1 fully saturated rings. The Morgan fingerprint density at radius 3 is 2.14 bits per heavy atom. The van der Waals surface area contributed by atoms with Crippen molar-refractivity contribution in [3.05, 3.63) is 114 Å². The Kier molecular flexibility index (Phi) is 7.65. The Morgan fingerprint density at radius 2 is 1.43 bits per heavy atom. The smallest absolute Gasteiger partial charge is 0.241 e. The fourth-order valence-corrected chi connectivity index (χ4v) is 6.57. The number of hydrogen-bond acceptors (Lipinski definition) is 4. The SMILES string of the molecule is O=C(NCC(c1ccccc1)c1ccccc1)[C@@H]1CNC[C@@H](NS(=O)(=O)c2cccc3ccccc23)C1. The monoisotopic (exact) mass is 513 g/mol. The van der Waals surface area contributed by atoms with Crippen molar-refractivity contribution in [2.45, 2.75) is 23.3 Å². The van der Waals surface area contributed by atoms with Gasteiger partial charge in [0.15, 0.2) is 0 Å². The molecule has 37 heavy (non-hydrogen) atoms. The van der Waals surface area contributed by atoms with Crippen molar-refractivity contribution in [2.24, 2.45) is 5.92 Å². The lowest BCUT2D eigenvalue weighted by atomic mass is 9.90. The van der Waals surface area contributed by atoms with Crippen molar-refractivity contribution in [3.63, 3.8) is 0 Å². The molecule has 0 spiro atoms. The van der Waals surface area contributed by atoms with Crippen molar-refractivity contribution in [3.8, 4) is 0 Å². The molecular formula is C30H31N3O3S. The molecule has 0 aliphatic carbocycles. The van der Waals surface area contributed by atoms with E-state index in [1.54, 1.807) is 12.1 Å². The normalized spacial score (nSPS) is 18.1. The van der Waals surface area contributed by atoms with E-state index in [1.165, 1.54) is 0 Å². The molecule has 1 saturated heterocycles. The van der Waals surface area contributed by atoms with Gasteiger partial charge in [0.25, 0.3) is 0 Å². The van der Waals surface area contributed by atoms with E-state index < -0.39 is 10.0 Å². The van der Waals surface area contributed by atoms with Gasteiger partial charge in [0, 0.05) is 37.0 Å². The van der Waals surface area contributed by atoms with Gasteiger partial charge in [-0.2, -0.15) is 0 Å². The van der Waals surface area contributed by atoms with Gasteiger partial charge in [0.05, 0.1) is 10.8 Å². The maximum absolute atomic E-state index is 13.3. The number of fused-ring (bicyclic) bond motifs is 1. The lowest BCUT2D eigenvalue weighted by Gasteiger charge is -2.30. The second kappa shape index (κ2) is 11.3. The minimum Gasteiger partial charge on any atom is -0.355 e.